The number of aromatic nitrogens is 5. The first-order valence-electron chi connectivity index (χ1n) is 12.8. The first kappa shape index (κ1) is 24.5. The number of amides is 1. The summed E-state index contributed by atoms with van der Waals surface area (Å²) in [6, 6.07) is 13.5. The fourth-order valence-electron chi connectivity index (χ4n) is 4.74. The van der Waals surface area contributed by atoms with E-state index in [2.05, 4.69) is 42.5 Å². The number of hydrogen-bond donors (Lipinski definition) is 2. The predicted molar refractivity (Wildman–Crippen MR) is 150 cm³/mol. The zero-order chi connectivity index (χ0) is 26.8. The molecule has 6 rings (SSSR count). The van der Waals surface area contributed by atoms with Gasteiger partial charge in [0.15, 0.2) is 0 Å². The minimum atomic E-state index is -0.159. The number of hydrogen-bond acceptors (Lipinski definition) is 8. The van der Waals surface area contributed by atoms with Crippen molar-refractivity contribution in [2.45, 2.75) is 25.8 Å². The normalized spacial score (nSPS) is 15.8. The number of benzene rings is 2. The molecule has 10 heteroatoms. The van der Waals surface area contributed by atoms with Crippen molar-refractivity contribution in [1.29, 1.82) is 0 Å². The summed E-state index contributed by atoms with van der Waals surface area (Å²) in [4.78, 5) is 32.3. The molecule has 10 nitrogen and oxygen atoms in total. The number of carbonyl (C=O) groups is 1. The molecule has 0 bridgehead atoms. The summed E-state index contributed by atoms with van der Waals surface area (Å²) in [7, 11) is 2.08. The number of likely N-dealkylation sites (tertiary alicyclic amines) is 1. The van der Waals surface area contributed by atoms with Crippen LogP contribution in [0.4, 0.5) is 17.2 Å². The molecule has 3 aromatic heterocycles. The lowest BCUT2D eigenvalue weighted by Gasteiger charge is -2.14. The summed E-state index contributed by atoms with van der Waals surface area (Å²) in [6.45, 7) is 3.03. The maximum absolute atomic E-state index is 12.6. The zero-order valence-electron chi connectivity index (χ0n) is 21.7. The number of fused-ring (bicyclic) bond motifs is 2. The second-order valence-corrected chi connectivity index (χ2v) is 9.62. The number of nitrogens with zero attached hydrogens (tertiary/aromatic N) is 6. The number of anilines is 3. The summed E-state index contributed by atoms with van der Waals surface area (Å²) in [5, 5.41) is 7.13. The number of rotatable bonds is 7. The van der Waals surface area contributed by atoms with Gasteiger partial charge in [-0.25, -0.2) is 19.9 Å². The molecule has 0 spiro atoms. The Morgan fingerprint density at radius 1 is 1.08 bits per heavy atom. The highest BCUT2D eigenvalue weighted by atomic mass is 16.5. The first-order chi connectivity index (χ1) is 19.0. The van der Waals surface area contributed by atoms with E-state index in [1.54, 1.807) is 24.7 Å². The van der Waals surface area contributed by atoms with E-state index in [1.807, 2.05) is 60.0 Å². The minimum Gasteiger partial charge on any atom is -0.439 e. The topological polar surface area (TPSA) is 110 Å². The molecule has 39 heavy (non-hydrogen) atoms. The molecule has 1 aliphatic heterocycles. The SMILES string of the molecule is Cc1cc(Nc2ncnc3ccc(NC(=O)C=CC4CCCN4C)cc23)ccc1Oc1cc2nccn2cn1. The van der Waals surface area contributed by atoms with Gasteiger partial charge in [0.1, 0.15) is 29.9 Å². The molecule has 0 radical (unpaired) electrons. The molecule has 2 N–H and O–H groups in total. The van der Waals surface area contributed by atoms with E-state index in [1.165, 1.54) is 6.33 Å². The number of carbonyl (C=O) groups excluding carboxylic acids is 1. The van der Waals surface area contributed by atoms with Crippen molar-refractivity contribution < 1.29 is 9.53 Å². The third-order valence-electron chi connectivity index (χ3n) is 6.86. The average Bonchev–Trinajstić information content (AvgIpc) is 3.57. The Balaban J connectivity index is 1.18. The Morgan fingerprint density at radius 2 is 1.97 bits per heavy atom. The number of likely N-dealkylation sites (N-methyl/N-ethyl adjacent to an activating group) is 1. The monoisotopic (exact) mass is 520 g/mol. The van der Waals surface area contributed by atoms with Crippen LogP contribution < -0.4 is 15.4 Å². The fraction of sp³-hybridized carbons (Fsp3) is 0.207. The summed E-state index contributed by atoms with van der Waals surface area (Å²) in [5.41, 5.74) is 3.98. The van der Waals surface area contributed by atoms with Crippen LogP contribution >= 0.6 is 0 Å². The predicted octanol–water partition coefficient (Wildman–Crippen LogP) is 5.11. The van der Waals surface area contributed by atoms with Crippen molar-refractivity contribution in [2.24, 2.45) is 0 Å². The van der Waals surface area contributed by atoms with Gasteiger partial charge < -0.3 is 15.4 Å². The van der Waals surface area contributed by atoms with E-state index in [0.29, 0.717) is 29.2 Å². The molecular weight excluding hydrogens is 492 g/mol. The standard InChI is InChI=1S/C29H28N8O2/c1-19-14-20(6-9-25(19)39-28-16-26-30-11-13-37(26)18-33-28)35-29-23-15-21(5-8-24(23)31-17-32-29)34-27(38)10-7-22-4-3-12-36(22)2/h5-11,13-18,22H,3-4,12H2,1-2H3,(H,34,38)(H,31,32,35). The second-order valence-electron chi connectivity index (χ2n) is 9.62. The van der Waals surface area contributed by atoms with Crippen LogP contribution in [0.5, 0.6) is 11.6 Å². The van der Waals surface area contributed by atoms with Crippen LogP contribution in [-0.2, 0) is 4.79 Å². The summed E-state index contributed by atoms with van der Waals surface area (Å²) in [6.07, 6.45) is 12.6. The Labute approximate surface area is 225 Å². The van der Waals surface area contributed by atoms with Gasteiger partial charge in [0.2, 0.25) is 11.8 Å². The molecule has 4 heterocycles. The quantitative estimate of drug-likeness (QED) is 0.285. The highest BCUT2D eigenvalue weighted by molar-refractivity contribution is 6.02. The van der Waals surface area contributed by atoms with Gasteiger partial charge in [0.25, 0.3) is 0 Å². The van der Waals surface area contributed by atoms with Crippen molar-refractivity contribution in [3.05, 3.63) is 85.2 Å². The maximum Gasteiger partial charge on any atom is 0.248 e. The lowest BCUT2D eigenvalue weighted by atomic mass is 10.1. The summed E-state index contributed by atoms with van der Waals surface area (Å²) in [5.74, 6) is 1.64. The molecule has 1 atom stereocenters. The molecular formula is C29H28N8O2. The van der Waals surface area contributed by atoms with E-state index in [0.717, 1.165) is 47.2 Å². The van der Waals surface area contributed by atoms with Gasteiger partial charge in [-0.15, -0.1) is 0 Å². The molecule has 1 amide bonds. The molecule has 0 aliphatic carbocycles. The summed E-state index contributed by atoms with van der Waals surface area (Å²) < 4.78 is 7.83. The molecule has 1 unspecified atom stereocenters. The van der Waals surface area contributed by atoms with E-state index in [-0.39, 0.29) is 5.91 Å². The van der Waals surface area contributed by atoms with Gasteiger partial charge >= 0.3 is 0 Å². The van der Waals surface area contributed by atoms with Crippen molar-refractivity contribution in [2.75, 3.05) is 24.2 Å². The minimum absolute atomic E-state index is 0.159. The largest absolute Gasteiger partial charge is 0.439 e. The smallest absolute Gasteiger partial charge is 0.248 e. The number of aryl methyl sites for hydroxylation is 1. The number of imidazole rings is 1. The van der Waals surface area contributed by atoms with Crippen LogP contribution in [0.3, 0.4) is 0 Å². The Bertz CT molecular complexity index is 1700. The van der Waals surface area contributed by atoms with Crippen molar-refractivity contribution in [3.63, 3.8) is 0 Å². The third kappa shape index (κ3) is 5.41. The van der Waals surface area contributed by atoms with Crippen LogP contribution in [-0.4, -0.2) is 54.8 Å². The lowest BCUT2D eigenvalue weighted by Crippen LogP contribution is -2.23. The zero-order valence-corrected chi connectivity index (χ0v) is 21.7. The van der Waals surface area contributed by atoms with Crippen LogP contribution in [0, 0.1) is 6.92 Å². The number of nitrogens with one attached hydrogen (secondary N) is 2. The second kappa shape index (κ2) is 10.5. The molecule has 0 saturated carbocycles. The maximum atomic E-state index is 12.6. The van der Waals surface area contributed by atoms with E-state index in [9.17, 15) is 4.79 Å². The molecule has 1 aliphatic rings. The van der Waals surface area contributed by atoms with Crippen LogP contribution in [0.1, 0.15) is 18.4 Å². The van der Waals surface area contributed by atoms with Crippen molar-refractivity contribution >= 4 is 39.6 Å². The average molecular weight is 521 g/mol. The van der Waals surface area contributed by atoms with Crippen LogP contribution in [0.15, 0.2) is 79.7 Å². The number of ether oxygens (including phenoxy) is 1. The fourth-order valence-corrected chi connectivity index (χ4v) is 4.74. The third-order valence-corrected chi connectivity index (χ3v) is 6.86. The Morgan fingerprint density at radius 3 is 2.82 bits per heavy atom. The van der Waals surface area contributed by atoms with E-state index in [4.69, 9.17) is 4.74 Å². The van der Waals surface area contributed by atoms with Crippen LogP contribution in [0.25, 0.3) is 16.6 Å². The van der Waals surface area contributed by atoms with Crippen LogP contribution in [0.2, 0.25) is 0 Å². The molecule has 1 fully saturated rings. The molecule has 2 aromatic carbocycles. The van der Waals surface area contributed by atoms with E-state index >= 15 is 0 Å². The van der Waals surface area contributed by atoms with Gasteiger partial charge in [-0.2, -0.15) is 0 Å². The van der Waals surface area contributed by atoms with Gasteiger partial charge in [-0.05, 0) is 75.3 Å². The highest BCUT2D eigenvalue weighted by Crippen LogP contribution is 2.30. The van der Waals surface area contributed by atoms with Gasteiger partial charge in [0.05, 0.1) is 5.52 Å². The van der Waals surface area contributed by atoms with Gasteiger partial charge in [0, 0.05) is 47.3 Å². The molecule has 5 aromatic rings. The van der Waals surface area contributed by atoms with Crippen molar-refractivity contribution in [1.82, 2.24) is 29.2 Å². The Kier molecular flexibility index (Phi) is 6.60. The Hall–Kier alpha value is -4.83. The van der Waals surface area contributed by atoms with Crippen molar-refractivity contribution in [3.8, 4) is 11.6 Å². The molecule has 1 saturated heterocycles. The molecule has 196 valence electrons. The summed E-state index contributed by atoms with van der Waals surface area (Å²) >= 11 is 0. The highest BCUT2D eigenvalue weighted by Gasteiger charge is 2.18. The van der Waals surface area contributed by atoms with Gasteiger partial charge in [-0.1, -0.05) is 6.08 Å². The first-order valence-corrected chi connectivity index (χ1v) is 12.8. The van der Waals surface area contributed by atoms with Gasteiger partial charge in [-0.3, -0.25) is 14.1 Å². The van der Waals surface area contributed by atoms with E-state index < -0.39 is 0 Å². The lowest BCUT2D eigenvalue weighted by molar-refractivity contribution is -0.111.